The molecule has 2 N–H and O–H groups in total. The molecule has 0 aliphatic carbocycles. The van der Waals surface area contributed by atoms with Gasteiger partial charge >= 0.3 is 6.18 Å². The lowest BCUT2D eigenvalue weighted by Gasteiger charge is -2.15. The maximum Gasteiger partial charge on any atom is 0.418 e. The fourth-order valence-electron chi connectivity index (χ4n) is 2.58. The molecular weight excluding hydrogens is 389 g/mol. The lowest BCUT2D eigenvalue weighted by atomic mass is 10.1. The first-order valence-electron chi connectivity index (χ1n) is 8.98. The van der Waals surface area contributed by atoms with Gasteiger partial charge in [0.2, 0.25) is 5.89 Å². The quantitative estimate of drug-likeness (QED) is 0.551. The van der Waals surface area contributed by atoms with Crippen LogP contribution < -0.4 is 10.6 Å². The lowest BCUT2D eigenvalue weighted by molar-refractivity contribution is -0.136. The highest BCUT2D eigenvalue weighted by atomic mass is 19.4. The summed E-state index contributed by atoms with van der Waals surface area (Å²) in [6, 6.07) is 6.36. The molecule has 0 fully saturated rings. The number of amides is 1. The zero-order chi connectivity index (χ0) is 20.9. The highest BCUT2D eigenvalue weighted by Crippen LogP contribution is 2.37. The third kappa shape index (κ3) is 5.37. The van der Waals surface area contributed by atoms with E-state index in [0.29, 0.717) is 12.2 Å². The molecule has 3 aromatic rings. The van der Waals surface area contributed by atoms with Crippen LogP contribution in [0.25, 0.3) is 0 Å². The molecule has 0 bridgehead atoms. The minimum Gasteiger partial charge on any atom is -0.459 e. The summed E-state index contributed by atoms with van der Waals surface area (Å²) >= 11 is 0. The number of nitrogens with zero attached hydrogens (tertiary/aromatic N) is 2. The van der Waals surface area contributed by atoms with Crippen molar-refractivity contribution in [1.82, 2.24) is 10.1 Å². The third-order valence-corrected chi connectivity index (χ3v) is 4.02. The topological polar surface area (TPSA) is 93.2 Å². The Kier molecular flexibility index (Phi) is 6.20. The van der Waals surface area contributed by atoms with E-state index < -0.39 is 17.6 Å². The van der Waals surface area contributed by atoms with Gasteiger partial charge in [0.05, 0.1) is 18.4 Å². The Morgan fingerprint density at radius 2 is 2.07 bits per heavy atom. The van der Waals surface area contributed by atoms with E-state index in [1.54, 1.807) is 0 Å². The van der Waals surface area contributed by atoms with Crippen LogP contribution in [0.1, 0.15) is 47.6 Å². The van der Waals surface area contributed by atoms with Crippen molar-refractivity contribution < 1.29 is 26.9 Å². The van der Waals surface area contributed by atoms with E-state index >= 15 is 0 Å². The molecule has 0 saturated carbocycles. The number of anilines is 2. The van der Waals surface area contributed by atoms with Crippen molar-refractivity contribution >= 4 is 17.3 Å². The zero-order valence-electron chi connectivity index (χ0n) is 15.5. The normalized spacial score (nSPS) is 11.4. The van der Waals surface area contributed by atoms with Crippen molar-refractivity contribution in [3.8, 4) is 0 Å². The van der Waals surface area contributed by atoms with Gasteiger partial charge in [-0.3, -0.25) is 4.79 Å². The van der Waals surface area contributed by atoms with E-state index in [2.05, 4.69) is 20.8 Å². The van der Waals surface area contributed by atoms with Crippen LogP contribution in [0.4, 0.5) is 24.5 Å². The summed E-state index contributed by atoms with van der Waals surface area (Å²) in [5.74, 6) is 0.0699. The summed E-state index contributed by atoms with van der Waals surface area (Å²) in [5.41, 5.74) is -1.11. The summed E-state index contributed by atoms with van der Waals surface area (Å²) in [5, 5.41) is 8.85. The van der Waals surface area contributed by atoms with Gasteiger partial charge in [0.1, 0.15) is 0 Å². The number of carbonyl (C=O) groups excluding carboxylic acids is 1. The maximum absolute atomic E-state index is 13.5. The van der Waals surface area contributed by atoms with E-state index in [4.69, 9.17) is 8.94 Å². The summed E-state index contributed by atoms with van der Waals surface area (Å²) in [6.07, 6.45) is -0.809. The fraction of sp³-hybridized carbons (Fsp3) is 0.316. The molecule has 3 rings (SSSR count). The number of hydrogen-bond acceptors (Lipinski definition) is 6. The smallest absolute Gasteiger partial charge is 0.418 e. The fourth-order valence-corrected chi connectivity index (χ4v) is 2.58. The van der Waals surface area contributed by atoms with Crippen LogP contribution in [-0.2, 0) is 19.1 Å². The Balaban J connectivity index is 1.72. The Labute approximate surface area is 164 Å². The van der Waals surface area contributed by atoms with Gasteiger partial charge in [-0.1, -0.05) is 18.5 Å². The third-order valence-electron chi connectivity index (χ3n) is 4.02. The summed E-state index contributed by atoms with van der Waals surface area (Å²) < 4.78 is 50.4. The van der Waals surface area contributed by atoms with Gasteiger partial charge in [-0.2, -0.15) is 18.2 Å². The largest absolute Gasteiger partial charge is 0.459 e. The molecule has 2 heterocycles. The minimum absolute atomic E-state index is 0.00367. The van der Waals surface area contributed by atoms with Crippen molar-refractivity contribution in [2.24, 2.45) is 0 Å². The van der Waals surface area contributed by atoms with Crippen LogP contribution in [0.3, 0.4) is 0 Å². The molecule has 154 valence electrons. The molecule has 10 heteroatoms. The van der Waals surface area contributed by atoms with E-state index in [0.717, 1.165) is 18.9 Å². The Hall–Kier alpha value is -3.30. The molecule has 1 amide bonds. The van der Waals surface area contributed by atoms with Crippen LogP contribution in [0, 0.1) is 0 Å². The van der Waals surface area contributed by atoms with Gasteiger partial charge in [0.15, 0.2) is 11.6 Å². The van der Waals surface area contributed by atoms with Crippen molar-refractivity contribution in [3.05, 3.63) is 59.6 Å². The molecule has 29 heavy (non-hydrogen) atoms. The number of carbonyl (C=O) groups is 1. The predicted octanol–water partition coefficient (Wildman–Crippen LogP) is 4.89. The van der Waals surface area contributed by atoms with Crippen LogP contribution in [0.15, 0.2) is 45.5 Å². The standard InChI is InChI=1S/C19H19F3N4O3/c1-2-3-6-16-25-17(29-26-16)11-23-14-8-7-12(10-13(14)19(20,21)22)24-18(27)15-5-4-9-28-15/h4-5,7-10,23H,2-3,6,11H2,1H3,(H,24,27). The summed E-state index contributed by atoms with van der Waals surface area (Å²) in [6.45, 7) is 1.97. The second-order valence-electron chi connectivity index (χ2n) is 6.25. The lowest BCUT2D eigenvalue weighted by Crippen LogP contribution is -2.14. The Morgan fingerprint density at radius 1 is 1.24 bits per heavy atom. The monoisotopic (exact) mass is 408 g/mol. The number of alkyl halides is 3. The SMILES string of the molecule is CCCCc1noc(CNc2ccc(NC(=O)c3ccco3)cc2C(F)(F)F)n1. The maximum atomic E-state index is 13.5. The highest BCUT2D eigenvalue weighted by Gasteiger charge is 2.34. The van der Waals surface area contributed by atoms with Crippen LogP contribution in [0.2, 0.25) is 0 Å². The average Bonchev–Trinajstić information content (AvgIpc) is 3.36. The Bertz CT molecular complexity index is 952. The number of halogens is 3. The van der Waals surface area contributed by atoms with Crippen molar-refractivity contribution in [2.75, 3.05) is 10.6 Å². The van der Waals surface area contributed by atoms with Crippen LogP contribution in [0.5, 0.6) is 0 Å². The van der Waals surface area contributed by atoms with Crippen LogP contribution >= 0.6 is 0 Å². The molecule has 7 nitrogen and oxygen atoms in total. The van der Waals surface area contributed by atoms with Crippen molar-refractivity contribution in [2.45, 2.75) is 38.9 Å². The van der Waals surface area contributed by atoms with Gasteiger partial charge in [-0.15, -0.1) is 0 Å². The predicted molar refractivity (Wildman–Crippen MR) is 98.3 cm³/mol. The minimum atomic E-state index is -4.63. The van der Waals surface area contributed by atoms with Gasteiger partial charge in [0, 0.05) is 17.8 Å². The number of aromatic nitrogens is 2. The molecular formula is C19H19F3N4O3. The number of nitrogens with one attached hydrogen (secondary N) is 2. The number of aryl methyl sites for hydroxylation is 1. The van der Waals surface area contributed by atoms with E-state index in [9.17, 15) is 18.0 Å². The summed E-state index contributed by atoms with van der Waals surface area (Å²) in [4.78, 5) is 16.1. The first-order valence-corrected chi connectivity index (χ1v) is 8.98. The Morgan fingerprint density at radius 3 is 2.76 bits per heavy atom. The number of hydrogen-bond donors (Lipinski definition) is 2. The van der Waals surface area contributed by atoms with E-state index in [-0.39, 0.29) is 29.6 Å². The second kappa shape index (κ2) is 8.80. The summed E-state index contributed by atoms with van der Waals surface area (Å²) in [7, 11) is 0. The van der Waals surface area contributed by atoms with Gasteiger partial charge in [-0.25, -0.2) is 0 Å². The number of rotatable bonds is 8. The molecule has 0 aliphatic rings. The van der Waals surface area contributed by atoms with Gasteiger partial charge in [0.25, 0.3) is 5.91 Å². The first kappa shape index (κ1) is 20.4. The van der Waals surface area contributed by atoms with Gasteiger partial charge in [-0.05, 0) is 36.8 Å². The van der Waals surface area contributed by atoms with Crippen molar-refractivity contribution in [3.63, 3.8) is 0 Å². The van der Waals surface area contributed by atoms with Crippen LogP contribution in [-0.4, -0.2) is 16.0 Å². The second-order valence-corrected chi connectivity index (χ2v) is 6.25. The molecule has 0 spiro atoms. The molecule has 0 saturated heterocycles. The number of benzene rings is 1. The highest BCUT2D eigenvalue weighted by molar-refractivity contribution is 6.02. The number of furan rings is 1. The molecule has 1 aromatic carbocycles. The average molecular weight is 408 g/mol. The van der Waals surface area contributed by atoms with E-state index in [1.807, 2.05) is 6.92 Å². The molecule has 0 unspecified atom stereocenters. The molecule has 0 atom stereocenters. The first-order chi connectivity index (χ1) is 13.9. The zero-order valence-corrected chi connectivity index (χ0v) is 15.5. The number of unbranched alkanes of at least 4 members (excludes halogenated alkanes) is 1. The van der Waals surface area contributed by atoms with Gasteiger partial charge < -0.3 is 19.6 Å². The molecule has 0 radical (unpaired) electrons. The van der Waals surface area contributed by atoms with E-state index in [1.165, 1.54) is 30.5 Å². The van der Waals surface area contributed by atoms with Crippen molar-refractivity contribution in [1.29, 1.82) is 0 Å². The molecule has 0 aliphatic heterocycles. The molecule has 2 aromatic heterocycles.